The molecule has 0 saturated carbocycles. The van der Waals surface area contributed by atoms with Crippen LogP contribution in [0.1, 0.15) is 11.1 Å². The van der Waals surface area contributed by atoms with Crippen molar-refractivity contribution in [3.05, 3.63) is 102 Å². The van der Waals surface area contributed by atoms with Gasteiger partial charge in [0.05, 0.1) is 6.54 Å². The molecular formula is C25H24N4O3. The zero-order chi connectivity index (χ0) is 22.3. The Bertz CT molecular complexity index is 1280. The van der Waals surface area contributed by atoms with Crippen LogP contribution in [0.15, 0.2) is 90.2 Å². The molecule has 4 N–H and O–H groups in total. The molecule has 0 aliphatic heterocycles. The highest BCUT2D eigenvalue weighted by molar-refractivity contribution is 6.00. The summed E-state index contributed by atoms with van der Waals surface area (Å²) in [4.78, 5) is 0. The molecule has 4 rings (SSSR count). The summed E-state index contributed by atoms with van der Waals surface area (Å²) < 4.78 is 13.4. The van der Waals surface area contributed by atoms with Gasteiger partial charge in [-0.15, -0.1) is 0 Å². The van der Waals surface area contributed by atoms with E-state index >= 15 is 0 Å². The standard InChI is InChI=1S/C25H24N4O3/c26-24(28-30)20-7-6-19-12-13-29(25(27)23(19)16-20)14-15-31-21-8-10-22(11-9-21)32-17-18-4-2-1-3-5-18/h1-13,16,27,30H,14-15,17H2,(H2,26,28). The van der Waals surface area contributed by atoms with E-state index < -0.39 is 0 Å². The van der Waals surface area contributed by atoms with Gasteiger partial charge in [0.2, 0.25) is 0 Å². The quantitative estimate of drug-likeness (QED) is 0.171. The number of ether oxygens (including phenoxy) is 2. The van der Waals surface area contributed by atoms with Crippen LogP contribution < -0.4 is 20.7 Å². The first kappa shape index (κ1) is 21.0. The lowest BCUT2D eigenvalue weighted by atomic mass is 10.1. The van der Waals surface area contributed by atoms with E-state index in [0.717, 1.165) is 27.8 Å². The number of hydrogen-bond acceptors (Lipinski definition) is 5. The van der Waals surface area contributed by atoms with E-state index in [-0.39, 0.29) is 5.84 Å². The normalized spacial score (nSPS) is 11.4. The lowest BCUT2D eigenvalue weighted by molar-refractivity contribution is 0.291. The van der Waals surface area contributed by atoms with Crippen LogP contribution in [0.5, 0.6) is 11.5 Å². The van der Waals surface area contributed by atoms with Crippen LogP contribution in [0.3, 0.4) is 0 Å². The van der Waals surface area contributed by atoms with E-state index in [1.54, 1.807) is 16.7 Å². The molecule has 7 heteroatoms. The molecule has 0 amide bonds. The van der Waals surface area contributed by atoms with Gasteiger partial charge >= 0.3 is 0 Å². The number of oxime groups is 1. The summed E-state index contributed by atoms with van der Waals surface area (Å²) in [6, 6.07) is 24.8. The molecule has 7 nitrogen and oxygen atoms in total. The topological polar surface area (TPSA) is 106 Å². The van der Waals surface area contributed by atoms with Crippen molar-refractivity contribution in [3.63, 3.8) is 0 Å². The van der Waals surface area contributed by atoms with Crippen LogP contribution in [-0.4, -0.2) is 22.2 Å². The second kappa shape index (κ2) is 9.70. The predicted molar refractivity (Wildman–Crippen MR) is 123 cm³/mol. The van der Waals surface area contributed by atoms with Gasteiger partial charge in [-0.25, -0.2) is 0 Å². The Hall–Kier alpha value is -4.26. The van der Waals surface area contributed by atoms with E-state index in [4.69, 9.17) is 25.8 Å². The van der Waals surface area contributed by atoms with Crippen molar-refractivity contribution in [3.8, 4) is 11.5 Å². The summed E-state index contributed by atoms with van der Waals surface area (Å²) >= 11 is 0. The molecule has 0 fully saturated rings. The summed E-state index contributed by atoms with van der Waals surface area (Å²) in [5.74, 6) is 1.53. The highest BCUT2D eigenvalue weighted by atomic mass is 16.5. The zero-order valence-electron chi connectivity index (χ0n) is 17.4. The zero-order valence-corrected chi connectivity index (χ0v) is 17.4. The Morgan fingerprint density at radius 3 is 2.38 bits per heavy atom. The molecule has 32 heavy (non-hydrogen) atoms. The van der Waals surface area contributed by atoms with Gasteiger partial charge in [0.15, 0.2) is 5.84 Å². The Balaban J connectivity index is 1.36. The molecule has 0 radical (unpaired) electrons. The van der Waals surface area contributed by atoms with Gasteiger partial charge < -0.3 is 25.0 Å². The Morgan fingerprint density at radius 2 is 1.66 bits per heavy atom. The number of pyridine rings is 1. The summed E-state index contributed by atoms with van der Waals surface area (Å²) in [6.07, 6.45) is 1.86. The van der Waals surface area contributed by atoms with Gasteiger partial charge in [0.25, 0.3) is 0 Å². The Kier molecular flexibility index (Phi) is 6.36. The van der Waals surface area contributed by atoms with E-state index in [1.165, 1.54) is 0 Å². The Labute approximate surface area is 185 Å². The van der Waals surface area contributed by atoms with Crippen molar-refractivity contribution < 1.29 is 14.7 Å². The number of nitrogens with one attached hydrogen (secondary N) is 1. The fourth-order valence-corrected chi connectivity index (χ4v) is 3.34. The third-order valence-corrected chi connectivity index (χ3v) is 5.11. The van der Waals surface area contributed by atoms with Gasteiger partial charge in [-0.05, 0) is 47.3 Å². The molecule has 4 aromatic rings. The lowest BCUT2D eigenvalue weighted by Gasteiger charge is -2.12. The minimum absolute atomic E-state index is 0.0150. The van der Waals surface area contributed by atoms with Crippen molar-refractivity contribution in [2.24, 2.45) is 10.9 Å². The maximum atomic E-state index is 8.89. The second-order valence-electron chi connectivity index (χ2n) is 7.24. The van der Waals surface area contributed by atoms with Crippen molar-refractivity contribution in [2.45, 2.75) is 13.2 Å². The van der Waals surface area contributed by atoms with Gasteiger partial charge in [-0.1, -0.05) is 47.6 Å². The fourth-order valence-electron chi connectivity index (χ4n) is 3.34. The van der Waals surface area contributed by atoms with E-state index in [0.29, 0.717) is 30.8 Å². The number of nitrogens with zero attached hydrogens (tertiary/aromatic N) is 2. The number of benzene rings is 3. The molecule has 3 aromatic carbocycles. The number of amidine groups is 1. The molecular weight excluding hydrogens is 404 g/mol. The predicted octanol–water partition coefficient (Wildman–Crippen LogP) is 3.87. The number of rotatable bonds is 8. The van der Waals surface area contributed by atoms with Crippen LogP contribution in [0.4, 0.5) is 0 Å². The molecule has 0 spiro atoms. The Morgan fingerprint density at radius 1 is 0.938 bits per heavy atom. The second-order valence-corrected chi connectivity index (χ2v) is 7.24. The van der Waals surface area contributed by atoms with Gasteiger partial charge in [0.1, 0.15) is 30.2 Å². The van der Waals surface area contributed by atoms with Crippen LogP contribution in [-0.2, 0) is 13.2 Å². The molecule has 1 aromatic heterocycles. The number of hydrogen-bond donors (Lipinski definition) is 3. The summed E-state index contributed by atoms with van der Waals surface area (Å²) in [5.41, 5.74) is 7.70. The molecule has 0 atom stereocenters. The monoisotopic (exact) mass is 428 g/mol. The average Bonchev–Trinajstić information content (AvgIpc) is 2.85. The molecule has 0 aliphatic carbocycles. The SMILES string of the molecule is N=c1c2cc(C(N)=NO)ccc2ccn1CCOc1ccc(OCc2ccccc2)cc1. The first-order valence-electron chi connectivity index (χ1n) is 10.2. The minimum Gasteiger partial charge on any atom is -0.492 e. The highest BCUT2D eigenvalue weighted by Crippen LogP contribution is 2.19. The highest BCUT2D eigenvalue weighted by Gasteiger charge is 2.05. The lowest BCUT2D eigenvalue weighted by Crippen LogP contribution is -2.23. The minimum atomic E-state index is 0.0150. The summed E-state index contributed by atoms with van der Waals surface area (Å²) in [5, 5.41) is 22.1. The third-order valence-electron chi connectivity index (χ3n) is 5.11. The van der Waals surface area contributed by atoms with E-state index in [1.807, 2.05) is 72.9 Å². The fraction of sp³-hybridized carbons (Fsp3) is 0.120. The first-order valence-corrected chi connectivity index (χ1v) is 10.2. The molecule has 1 heterocycles. The van der Waals surface area contributed by atoms with Crippen LogP contribution in [0.2, 0.25) is 0 Å². The third kappa shape index (κ3) is 4.89. The number of nitrogens with two attached hydrogens (primary N) is 1. The van der Waals surface area contributed by atoms with Gasteiger partial charge in [-0.2, -0.15) is 0 Å². The van der Waals surface area contributed by atoms with Gasteiger partial charge in [0, 0.05) is 17.1 Å². The van der Waals surface area contributed by atoms with Crippen LogP contribution in [0.25, 0.3) is 10.8 Å². The molecule has 0 unspecified atom stereocenters. The largest absolute Gasteiger partial charge is 0.492 e. The maximum absolute atomic E-state index is 8.89. The van der Waals surface area contributed by atoms with Gasteiger partial charge in [-0.3, -0.25) is 5.41 Å². The average molecular weight is 428 g/mol. The summed E-state index contributed by atoms with van der Waals surface area (Å²) in [7, 11) is 0. The number of aromatic nitrogens is 1. The van der Waals surface area contributed by atoms with Crippen molar-refractivity contribution >= 4 is 16.6 Å². The first-order chi connectivity index (χ1) is 15.6. The van der Waals surface area contributed by atoms with E-state index in [9.17, 15) is 0 Å². The molecule has 0 bridgehead atoms. The van der Waals surface area contributed by atoms with E-state index in [2.05, 4.69) is 5.16 Å². The molecule has 0 aliphatic rings. The molecule has 162 valence electrons. The molecule has 0 saturated heterocycles. The maximum Gasteiger partial charge on any atom is 0.170 e. The van der Waals surface area contributed by atoms with Crippen LogP contribution in [0, 0.1) is 5.41 Å². The van der Waals surface area contributed by atoms with Crippen LogP contribution >= 0.6 is 0 Å². The van der Waals surface area contributed by atoms with Crippen molar-refractivity contribution in [1.29, 1.82) is 5.41 Å². The number of fused-ring (bicyclic) bond motifs is 1. The van der Waals surface area contributed by atoms with Crippen molar-refractivity contribution in [1.82, 2.24) is 4.57 Å². The smallest absolute Gasteiger partial charge is 0.170 e. The van der Waals surface area contributed by atoms with Crippen molar-refractivity contribution in [2.75, 3.05) is 6.61 Å². The summed E-state index contributed by atoms with van der Waals surface area (Å²) in [6.45, 7) is 1.43.